The molecule has 2 rings (SSSR count). The van der Waals surface area contributed by atoms with Crippen molar-refractivity contribution in [3.8, 4) is 6.07 Å². The Morgan fingerprint density at radius 1 is 1.02 bits per heavy atom. The highest BCUT2D eigenvalue weighted by Gasteiger charge is 2.61. The Kier molecular flexibility index (Phi) is 11.9. The van der Waals surface area contributed by atoms with E-state index < -0.39 is 10.8 Å². The number of nitrogens with one attached hydrogen (secondary N) is 1. The third-order valence-corrected chi connectivity index (χ3v) is 12.1. The lowest BCUT2D eigenvalue weighted by atomic mass is 9.41. The Bertz CT molecular complexity index is 1070. The minimum Gasteiger partial charge on any atom is -0.356 e. The van der Waals surface area contributed by atoms with E-state index in [0.29, 0.717) is 6.42 Å². The molecular weight excluding hydrogens is 520 g/mol. The Morgan fingerprint density at radius 2 is 1.64 bits per heavy atom. The second kappa shape index (κ2) is 13.8. The molecule has 0 spiro atoms. The molecular formula is C37H62N2O3. The molecule has 1 amide bonds. The van der Waals surface area contributed by atoms with E-state index >= 15 is 0 Å². The minimum atomic E-state index is -0.469. The van der Waals surface area contributed by atoms with Gasteiger partial charge < -0.3 is 10.1 Å². The highest BCUT2D eigenvalue weighted by atomic mass is 16.2. The summed E-state index contributed by atoms with van der Waals surface area (Å²) in [6, 6.07) is 2.18. The molecule has 0 bridgehead atoms. The molecule has 0 aromatic heterocycles. The van der Waals surface area contributed by atoms with Gasteiger partial charge in [0, 0.05) is 24.3 Å². The molecule has 0 unspecified atom stereocenters. The first kappa shape index (κ1) is 36.2. The average Bonchev–Trinajstić information content (AvgIpc) is 2.90. The second-order valence-electron chi connectivity index (χ2n) is 16.2. The minimum absolute atomic E-state index is 0.00303. The molecule has 42 heavy (non-hydrogen) atoms. The molecule has 0 aromatic carbocycles. The number of nitriles is 1. The summed E-state index contributed by atoms with van der Waals surface area (Å²) in [6.45, 7) is 24.7. The summed E-state index contributed by atoms with van der Waals surface area (Å²) in [5.41, 5.74) is -0.815. The van der Waals surface area contributed by atoms with Gasteiger partial charge in [-0.05, 0) is 91.8 Å². The zero-order valence-electron chi connectivity index (χ0n) is 29.0. The fourth-order valence-electron chi connectivity index (χ4n) is 8.56. The van der Waals surface area contributed by atoms with Crippen molar-refractivity contribution in [1.29, 1.82) is 5.26 Å². The number of hydrogen-bond acceptors (Lipinski definition) is 4. The zero-order valence-corrected chi connectivity index (χ0v) is 29.0. The van der Waals surface area contributed by atoms with Crippen LogP contribution in [0.5, 0.6) is 0 Å². The van der Waals surface area contributed by atoms with Gasteiger partial charge in [-0.2, -0.15) is 5.26 Å². The van der Waals surface area contributed by atoms with Crippen LogP contribution >= 0.6 is 0 Å². The maximum absolute atomic E-state index is 13.7. The Labute approximate surface area is 258 Å². The first-order chi connectivity index (χ1) is 19.3. The van der Waals surface area contributed by atoms with Crippen LogP contribution in [0.2, 0.25) is 0 Å². The van der Waals surface area contributed by atoms with Gasteiger partial charge >= 0.3 is 0 Å². The van der Waals surface area contributed by atoms with Crippen molar-refractivity contribution in [2.45, 2.75) is 147 Å². The van der Waals surface area contributed by atoms with Crippen molar-refractivity contribution in [3.05, 3.63) is 11.6 Å². The number of fused-ring (bicyclic) bond motifs is 1. The number of rotatable bonds is 15. The van der Waals surface area contributed by atoms with E-state index in [0.717, 1.165) is 70.8 Å². The maximum atomic E-state index is 13.7. The molecule has 0 radical (unpaired) electrons. The van der Waals surface area contributed by atoms with Crippen molar-refractivity contribution in [3.63, 3.8) is 0 Å². The zero-order chi connectivity index (χ0) is 32.1. The average molecular weight is 583 g/mol. The van der Waals surface area contributed by atoms with Gasteiger partial charge in [0.15, 0.2) is 5.78 Å². The number of Topliss-reactive ketones (excluding diaryl/α,β-unsaturated/α-hetero) is 2. The van der Waals surface area contributed by atoms with E-state index in [1.165, 1.54) is 0 Å². The van der Waals surface area contributed by atoms with Gasteiger partial charge in [-0.3, -0.25) is 9.59 Å². The standard InChI is InChI=1S/C37H62N2O3/c1-12-14-22-39-32(42)35(9,20-18-33(5,6)16-13-2)21-19-34(7,8)37(11)17-15-29-27(4)31(41)28(25-38)24-36(29,10)30(37)23-26(3)40/h24,27,29-30H,12-23H2,1-11H3,(H,39,42)/t27-,29-,30+,35-,36-,37+/m0/s1. The summed E-state index contributed by atoms with van der Waals surface area (Å²) < 4.78 is 0. The summed E-state index contributed by atoms with van der Waals surface area (Å²) in [5, 5.41) is 13.1. The van der Waals surface area contributed by atoms with Crippen LogP contribution in [0.4, 0.5) is 0 Å². The van der Waals surface area contributed by atoms with E-state index in [-0.39, 0.29) is 57.0 Å². The van der Waals surface area contributed by atoms with E-state index in [1.54, 1.807) is 6.92 Å². The molecule has 2 aliphatic carbocycles. The molecule has 1 fully saturated rings. The van der Waals surface area contributed by atoms with E-state index in [1.807, 2.05) is 13.0 Å². The monoisotopic (exact) mass is 582 g/mol. The largest absolute Gasteiger partial charge is 0.356 e. The quantitative estimate of drug-likeness (QED) is 0.195. The molecule has 6 atom stereocenters. The van der Waals surface area contributed by atoms with Crippen molar-refractivity contribution >= 4 is 17.5 Å². The highest BCUT2D eigenvalue weighted by molar-refractivity contribution is 6.01. The molecule has 1 saturated carbocycles. The lowest BCUT2D eigenvalue weighted by molar-refractivity contribution is -0.145. The number of carbonyl (C=O) groups excluding carboxylic acids is 3. The number of allylic oxidation sites excluding steroid dienone is 2. The van der Waals surface area contributed by atoms with Gasteiger partial charge in [0.25, 0.3) is 0 Å². The van der Waals surface area contributed by atoms with Crippen LogP contribution < -0.4 is 5.32 Å². The van der Waals surface area contributed by atoms with Crippen molar-refractivity contribution in [2.24, 2.45) is 44.8 Å². The predicted molar refractivity (Wildman–Crippen MR) is 173 cm³/mol. The van der Waals surface area contributed by atoms with Gasteiger partial charge in [0.2, 0.25) is 5.91 Å². The normalized spacial score (nSPS) is 29.6. The Hall–Kier alpha value is -1.96. The van der Waals surface area contributed by atoms with Gasteiger partial charge in [0.1, 0.15) is 11.9 Å². The van der Waals surface area contributed by atoms with E-state index in [2.05, 4.69) is 73.7 Å². The Balaban J connectivity index is 2.46. The predicted octanol–water partition coefficient (Wildman–Crippen LogP) is 9.01. The fraction of sp³-hybridized carbons (Fsp3) is 0.838. The van der Waals surface area contributed by atoms with Crippen LogP contribution in [0.15, 0.2) is 11.6 Å². The first-order valence-electron chi connectivity index (χ1n) is 16.8. The number of ketones is 2. The number of unbranched alkanes of at least 4 members (excludes halogenated alkanes) is 1. The van der Waals surface area contributed by atoms with Gasteiger partial charge in [-0.25, -0.2) is 0 Å². The molecule has 1 N–H and O–H groups in total. The third kappa shape index (κ3) is 7.57. The van der Waals surface area contributed by atoms with Crippen LogP contribution in [0, 0.1) is 56.2 Å². The van der Waals surface area contributed by atoms with Gasteiger partial charge in [-0.1, -0.05) is 88.2 Å². The molecule has 0 aromatic rings. The lowest BCUT2D eigenvalue weighted by Gasteiger charge is -2.62. The lowest BCUT2D eigenvalue weighted by Crippen LogP contribution is -2.57. The van der Waals surface area contributed by atoms with Crippen LogP contribution in [0.3, 0.4) is 0 Å². The molecule has 238 valence electrons. The third-order valence-electron chi connectivity index (χ3n) is 12.1. The maximum Gasteiger partial charge on any atom is 0.225 e. The van der Waals surface area contributed by atoms with E-state index in [9.17, 15) is 19.6 Å². The topological polar surface area (TPSA) is 87.0 Å². The fourth-order valence-corrected chi connectivity index (χ4v) is 8.56. The number of hydrogen-bond donors (Lipinski definition) is 1. The molecule has 5 heteroatoms. The van der Waals surface area contributed by atoms with Gasteiger partial charge in [0.05, 0.1) is 5.57 Å². The van der Waals surface area contributed by atoms with Crippen LogP contribution in [-0.2, 0) is 14.4 Å². The van der Waals surface area contributed by atoms with Crippen LogP contribution in [0.25, 0.3) is 0 Å². The molecule has 0 aliphatic heterocycles. The van der Waals surface area contributed by atoms with Gasteiger partial charge in [-0.15, -0.1) is 0 Å². The highest BCUT2D eigenvalue weighted by Crippen LogP contribution is 2.66. The van der Waals surface area contributed by atoms with Crippen molar-refractivity contribution in [2.75, 3.05) is 6.54 Å². The molecule has 0 heterocycles. The van der Waals surface area contributed by atoms with Crippen LogP contribution in [0.1, 0.15) is 147 Å². The summed E-state index contributed by atoms with van der Waals surface area (Å²) >= 11 is 0. The van der Waals surface area contributed by atoms with Crippen molar-refractivity contribution < 1.29 is 14.4 Å². The summed E-state index contributed by atoms with van der Waals surface area (Å²) in [4.78, 5) is 39.5. The molecule has 2 aliphatic rings. The number of amides is 1. The summed E-state index contributed by atoms with van der Waals surface area (Å²) in [7, 11) is 0. The SMILES string of the molecule is CCCCNC(=O)[C@@](C)(CCC(C)(C)CCC)CCC(C)(C)[C@]1(C)CC[C@H]2[C@H](C)C(=O)C(C#N)=C[C@]2(C)[C@H]1CC(C)=O. The Morgan fingerprint density at radius 3 is 2.19 bits per heavy atom. The molecule has 0 saturated heterocycles. The second-order valence-corrected chi connectivity index (χ2v) is 16.2. The van der Waals surface area contributed by atoms with E-state index in [4.69, 9.17) is 0 Å². The number of carbonyl (C=O) groups is 3. The van der Waals surface area contributed by atoms with Crippen LogP contribution in [-0.4, -0.2) is 24.0 Å². The van der Waals surface area contributed by atoms with Crippen molar-refractivity contribution in [1.82, 2.24) is 5.32 Å². The summed E-state index contributed by atoms with van der Waals surface area (Å²) in [5.74, 6) is 0.160. The molecule has 5 nitrogen and oxygen atoms in total. The number of nitrogens with zero attached hydrogens (tertiary/aromatic N) is 1. The summed E-state index contributed by atoms with van der Waals surface area (Å²) in [6.07, 6.45) is 12.0. The smallest absolute Gasteiger partial charge is 0.225 e. The first-order valence-corrected chi connectivity index (χ1v) is 16.8.